The van der Waals surface area contributed by atoms with Crippen molar-refractivity contribution in [2.24, 2.45) is 5.92 Å². The van der Waals surface area contributed by atoms with Crippen molar-refractivity contribution in [1.82, 2.24) is 10.6 Å². The van der Waals surface area contributed by atoms with Gasteiger partial charge in [0.25, 0.3) is 5.91 Å². The van der Waals surface area contributed by atoms with Crippen molar-refractivity contribution < 1.29 is 14.4 Å². The summed E-state index contributed by atoms with van der Waals surface area (Å²) in [5, 5.41) is 13.7. The molecule has 28 heavy (non-hydrogen) atoms. The van der Waals surface area contributed by atoms with Crippen molar-refractivity contribution in [1.29, 1.82) is 0 Å². The van der Waals surface area contributed by atoms with Gasteiger partial charge in [0.1, 0.15) is 0 Å². The number of anilines is 2. The van der Waals surface area contributed by atoms with Crippen LogP contribution in [0.25, 0.3) is 0 Å². The molecule has 148 valence electrons. The highest BCUT2D eigenvalue weighted by Crippen LogP contribution is 2.26. The van der Waals surface area contributed by atoms with Crippen molar-refractivity contribution >= 4 is 39.9 Å². The Balaban J connectivity index is 1.37. The number of rotatable bonds is 7. The Morgan fingerprint density at radius 2 is 1.64 bits per heavy atom. The van der Waals surface area contributed by atoms with Gasteiger partial charge in [-0.15, -0.1) is 11.3 Å². The second-order valence-electron chi connectivity index (χ2n) is 6.66. The van der Waals surface area contributed by atoms with Gasteiger partial charge in [-0.3, -0.25) is 14.9 Å². The van der Waals surface area contributed by atoms with Crippen molar-refractivity contribution in [2.75, 3.05) is 23.7 Å². The molecule has 1 aromatic heterocycles. The van der Waals surface area contributed by atoms with E-state index in [4.69, 9.17) is 0 Å². The summed E-state index contributed by atoms with van der Waals surface area (Å²) in [6, 6.07) is 10.2. The third-order valence-corrected chi connectivity index (χ3v) is 5.38. The molecular weight excluding hydrogens is 376 g/mol. The molecule has 4 N–H and O–H groups in total. The number of urea groups is 1. The molecule has 0 saturated heterocycles. The third kappa shape index (κ3) is 5.82. The number of hydrogen-bond donors (Lipinski definition) is 4. The Bertz CT molecular complexity index is 799. The molecule has 1 aliphatic carbocycles. The van der Waals surface area contributed by atoms with Crippen molar-refractivity contribution in [3.05, 3.63) is 47.3 Å². The molecule has 1 heterocycles. The van der Waals surface area contributed by atoms with Crippen LogP contribution in [0.5, 0.6) is 0 Å². The summed E-state index contributed by atoms with van der Waals surface area (Å²) in [5.41, 5.74) is 1.20. The first-order chi connectivity index (χ1) is 13.6. The molecule has 7 nitrogen and oxygen atoms in total. The number of carbonyl (C=O) groups excluding carboxylic acids is 3. The Labute approximate surface area is 167 Å². The summed E-state index contributed by atoms with van der Waals surface area (Å²) in [6.45, 7) is 0.634. The monoisotopic (exact) mass is 400 g/mol. The molecule has 0 radical (unpaired) electrons. The summed E-state index contributed by atoms with van der Waals surface area (Å²) in [7, 11) is 0. The van der Waals surface area contributed by atoms with Crippen molar-refractivity contribution in [2.45, 2.75) is 25.7 Å². The fourth-order valence-corrected chi connectivity index (χ4v) is 3.71. The van der Waals surface area contributed by atoms with Crippen LogP contribution in [0.2, 0.25) is 0 Å². The van der Waals surface area contributed by atoms with Gasteiger partial charge in [0.15, 0.2) is 0 Å². The van der Waals surface area contributed by atoms with Gasteiger partial charge < -0.3 is 16.0 Å². The topological polar surface area (TPSA) is 99.3 Å². The first-order valence-electron chi connectivity index (χ1n) is 9.39. The van der Waals surface area contributed by atoms with E-state index in [-0.39, 0.29) is 23.8 Å². The number of amides is 4. The highest BCUT2D eigenvalue weighted by atomic mass is 32.1. The fraction of sp³-hybridized carbons (Fsp3) is 0.350. The van der Waals surface area contributed by atoms with E-state index in [0.717, 1.165) is 30.7 Å². The van der Waals surface area contributed by atoms with E-state index in [0.29, 0.717) is 24.3 Å². The highest BCUT2D eigenvalue weighted by molar-refractivity contribution is 7.14. The Morgan fingerprint density at radius 1 is 0.929 bits per heavy atom. The maximum Gasteiger partial charge on any atom is 0.319 e. The minimum atomic E-state index is -0.306. The quantitative estimate of drug-likeness (QED) is 0.536. The van der Waals surface area contributed by atoms with Gasteiger partial charge in [-0.05, 0) is 54.6 Å². The van der Waals surface area contributed by atoms with E-state index in [1.807, 2.05) is 17.5 Å². The first kappa shape index (κ1) is 19.9. The zero-order valence-corrected chi connectivity index (χ0v) is 16.3. The largest absolute Gasteiger partial charge is 0.350 e. The zero-order valence-electron chi connectivity index (χ0n) is 15.5. The molecule has 0 aliphatic heterocycles. The Kier molecular flexibility index (Phi) is 7.02. The molecule has 4 amide bonds. The van der Waals surface area contributed by atoms with Crippen LogP contribution in [0.1, 0.15) is 36.0 Å². The van der Waals surface area contributed by atoms with E-state index in [1.54, 1.807) is 24.3 Å². The minimum absolute atomic E-state index is 0.0570. The van der Waals surface area contributed by atoms with Crippen LogP contribution < -0.4 is 21.3 Å². The summed E-state index contributed by atoms with van der Waals surface area (Å²) < 4.78 is 0. The van der Waals surface area contributed by atoms with Crippen LogP contribution >= 0.6 is 11.3 Å². The molecule has 0 unspecified atom stereocenters. The number of hydrogen-bond acceptors (Lipinski definition) is 4. The Hall–Kier alpha value is -2.87. The molecule has 0 atom stereocenters. The second kappa shape index (κ2) is 9.89. The number of carbonyl (C=O) groups is 3. The maximum atomic E-state index is 12.2. The van der Waals surface area contributed by atoms with Crippen LogP contribution in [0, 0.1) is 5.92 Å². The average molecular weight is 401 g/mol. The van der Waals surface area contributed by atoms with E-state index < -0.39 is 0 Å². The van der Waals surface area contributed by atoms with Gasteiger partial charge in [-0.1, -0.05) is 12.8 Å². The normalized spacial score (nSPS) is 13.7. The van der Waals surface area contributed by atoms with Crippen LogP contribution in [0.3, 0.4) is 0 Å². The van der Waals surface area contributed by atoms with Gasteiger partial charge >= 0.3 is 6.03 Å². The molecule has 0 bridgehead atoms. The van der Waals surface area contributed by atoms with E-state index >= 15 is 0 Å². The fourth-order valence-electron chi connectivity index (χ4n) is 3.10. The smallest absolute Gasteiger partial charge is 0.319 e. The van der Waals surface area contributed by atoms with Crippen LogP contribution in [0.15, 0.2) is 41.8 Å². The van der Waals surface area contributed by atoms with Gasteiger partial charge in [-0.2, -0.15) is 0 Å². The third-order valence-electron chi connectivity index (χ3n) is 4.59. The maximum absolute atomic E-state index is 12.2. The van der Waals surface area contributed by atoms with Gasteiger partial charge in [-0.25, -0.2) is 4.79 Å². The second-order valence-corrected chi connectivity index (χ2v) is 7.61. The molecule has 8 heteroatoms. The predicted octanol–water partition coefficient (Wildman–Crippen LogP) is 3.43. The predicted molar refractivity (Wildman–Crippen MR) is 111 cm³/mol. The molecule has 1 aliphatic rings. The van der Waals surface area contributed by atoms with Gasteiger partial charge in [0, 0.05) is 30.3 Å². The minimum Gasteiger partial charge on any atom is -0.350 e. The van der Waals surface area contributed by atoms with E-state index in [9.17, 15) is 14.4 Å². The van der Waals surface area contributed by atoms with Crippen molar-refractivity contribution in [3.8, 4) is 0 Å². The average Bonchev–Trinajstić information content (AvgIpc) is 3.39. The zero-order chi connectivity index (χ0) is 19.8. The summed E-state index contributed by atoms with van der Waals surface area (Å²) in [4.78, 5) is 36.0. The van der Waals surface area contributed by atoms with E-state index in [2.05, 4.69) is 21.3 Å². The lowest BCUT2D eigenvalue weighted by Gasteiger charge is -2.11. The molecule has 1 saturated carbocycles. The van der Waals surface area contributed by atoms with E-state index in [1.165, 1.54) is 11.3 Å². The molecule has 1 aromatic carbocycles. The Morgan fingerprint density at radius 3 is 2.32 bits per heavy atom. The standard InChI is InChI=1S/C20H24N4O3S/c25-18(21-11-12-22-20(27)24-17-6-3-13-28-17)15-7-9-16(10-8-15)23-19(26)14-4-1-2-5-14/h3,6-10,13-14H,1-2,4-5,11-12H2,(H,21,25)(H,23,26)(H2,22,24,27). The van der Waals surface area contributed by atoms with Crippen LogP contribution in [0.4, 0.5) is 15.5 Å². The first-order valence-corrected chi connectivity index (χ1v) is 10.3. The molecule has 3 rings (SSSR count). The lowest BCUT2D eigenvalue weighted by atomic mass is 10.1. The summed E-state index contributed by atoms with van der Waals surface area (Å²) in [5.74, 6) is -0.0665. The molecular formula is C20H24N4O3S. The highest BCUT2D eigenvalue weighted by Gasteiger charge is 2.22. The number of thiophene rings is 1. The number of nitrogens with one attached hydrogen (secondary N) is 4. The van der Waals surface area contributed by atoms with Gasteiger partial charge in [0.05, 0.1) is 5.00 Å². The molecule has 2 aromatic rings. The molecule has 0 spiro atoms. The van der Waals surface area contributed by atoms with Gasteiger partial charge in [0.2, 0.25) is 5.91 Å². The number of benzene rings is 1. The van der Waals surface area contributed by atoms with Crippen LogP contribution in [-0.4, -0.2) is 30.9 Å². The lowest BCUT2D eigenvalue weighted by Crippen LogP contribution is -2.36. The van der Waals surface area contributed by atoms with Crippen molar-refractivity contribution in [3.63, 3.8) is 0 Å². The lowest BCUT2D eigenvalue weighted by molar-refractivity contribution is -0.119. The summed E-state index contributed by atoms with van der Waals surface area (Å²) >= 11 is 1.44. The SMILES string of the molecule is O=C(NCCNC(=O)c1ccc(NC(=O)C2CCCC2)cc1)Nc1cccs1. The summed E-state index contributed by atoms with van der Waals surface area (Å²) in [6.07, 6.45) is 4.13. The van der Waals surface area contributed by atoms with Crippen LogP contribution in [-0.2, 0) is 4.79 Å². The molecule has 1 fully saturated rings.